The van der Waals surface area contributed by atoms with Gasteiger partial charge in [0.15, 0.2) is 5.75 Å². The second kappa shape index (κ2) is 3.33. The third-order valence-corrected chi connectivity index (χ3v) is 3.00. The molecule has 1 N–H and O–H groups in total. The lowest BCUT2D eigenvalue weighted by molar-refractivity contribution is 0.411. The predicted molar refractivity (Wildman–Crippen MR) is 60.9 cm³/mol. The Morgan fingerprint density at radius 2 is 1.75 bits per heavy atom. The number of hydrogen-bond donors (Lipinski definition) is 1. The predicted octanol–water partition coefficient (Wildman–Crippen LogP) is 2.13. The molecule has 4 nitrogen and oxygen atoms in total. The Morgan fingerprint density at radius 3 is 2.38 bits per heavy atom. The summed E-state index contributed by atoms with van der Waals surface area (Å²) in [5.74, 6) is 0.147. The molecule has 2 rings (SSSR count). The van der Waals surface area contributed by atoms with Gasteiger partial charge in [-0.25, -0.2) is 9.78 Å². The van der Waals surface area contributed by atoms with Crippen LogP contribution in [0.15, 0.2) is 9.21 Å². The summed E-state index contributed by atoms with van der Waals surface area (Å²) in [5, 5.41) is 10.2. The van der Waals surface area contributed by atoms with Gasteiger partial charge in [-0.2, -0.15) is 0 Å². The van der Waals surface area contributed by atoms with Gasteiger partial charge in [-0.05, 0) is 38.8 Å². The second-order valence-electron chi connectivity index (χ2n) is 3.97. The van der Waals surface area contributed by atoms with Gasteiger partial charge in [-0.3, -0.25) is 0 Å². The Labute approximate surface area is 92.6 Å². The number of nitrogens with zero attached hydrogens (tertiary/aromatic N) is 1. The molecule has 0 radical (unpaired) electrons. The van der Waals surface area contributed by atoms with Gasteiger partial charge >= 0.3 is 5.63 Å². The molecule has 0 unspecified atom stereocenters. The lowest BCUT2D eigenvalue weighted by atomic mass is 10.0. The fourth-order valence-electron chi connectivity index (χ4n) is 1.77. The fraction of sp³-hybridized carbons (Fsp3) is 0.333. The summed E-state index contributed by atoms with van der Waals surface area (Å²) in [6, 6.07) is 0. The molecule has 0 aliphatic carbocycles. The highest BCUT2D eigenvalue weighted by Crippen LogP contribution is 2.28. The van der Waals surface area contributed by atoms with Crippen molar-refractivity contribution >= 4 is 10.9 Å². The molecular formula is C12H13NO3. The van der Waals surface area contributed by atoms with Crippen molar-refractivity contribution in [3.05, 3.63) is 33.0 Å². The molecule has 0 spiro atoms. The number of aromatic hydroxyl groups is 1. The maximum atomic E-state index is 11.7. The number of aryl methyl sites for hydroxylation is 3. The lowest BCUT2D eigenvalue weighted by Crippen LogP contribution is -2.06. The minimum absolute atomic E-state index is 0.0548. The van der Waals surface area contributed by atoms with E-state index in [2.05, 4.69) is 4.98 Å². The Morgan fingerprint density at radius 1 is 1.12 bits per heavy atom. The van der Waals surface area contributed by atoms with Crippen LogP contribution in [0.2, 0.25) is 0 Å². The summed E-state index contributed by atoms with van der Waals surface area (Å²) < 4.78 is 4.95. The van der Waals surface area contributed by atoms with E-state index in [0.29, 0.717) is 10.9 Å². The van der Waals surface area contributed by atoms with E-state index in [1.165, 1.54) is 0 Å². The number of pyridine rings is 1. The molecule has 0 bridgehead atoms. The molecule has 0 saturated carbocycles. The standard InChI is InChI=1S/C12H13NO3/c1-5-6(2)9-10(13-7(5)3)11(14)8(4)16-12(9)15/h14H,1-4H3. The molecule has 0 aliphatic heterocycles. The van der Waals surface area contributed by atoms with E-state index in [4.69, 9.17) is 4.42 Å². The molecule has 16 heavy (non-hydrogen) atoms. The van der Waals surface area contributed by atoms with E-state index >= 15 is 0 Å². The first-order chi connectivity index (χ1) is 7.43. The Bertz CT molecular complexity index is 641. The van der Waals surface area contributed by atoms with Gasteiger partial charge in [0.25, 0.3) is 0 Å². The van der Waals surface area contributed by atoms with Gasteiger partial charge in [0.05, 0.1) is 5.39 Å². The van der Waals surface area contributed by atoms with Crippen molar-refractivity contribution in [2.24, 2.45) is 0 Å². The molecule has 0 aliphatic rings. The van der Waals surface area contributed by atoms with Gasteiger partial charge in [-0.15, -0.1) is 0 Å². The second-order valence-corrected chi connectivity index (χ2v) is 3.97. The summed E-state index contributed by atoms with van der Waals surface area (Å²) in [6.45, 7) is 7.12. The van der Waals surface area contributed by atoms with Gasteiger partial charge in [-0.1, -0.05) is 0 Å². The van der Waals surface area contributed by atoms with Crippen LogP contribution in [-0.2, 0) is 0 Å². The number of hydrogen-bond acceptors (Lipinski definition) is 4. The van der Waals surface area contributed by atoms with E-state index in [0.717, 1.165) is 16.8 Å². The highest BCUT2D eigenvalue weighted by molar-refractivity contribution is 5.87. The number of rotatable bonds is 0. The normalized spacial score (nSPS) is 11.0. The van der Waals surface area contributed by atoms with Crippen molar-refractivity contribution < 1.29 is 9.52 Å². The van der Waals surface area contributed by atoms with Crippen LogP contribution in [0, 0.1) is 27.7 Å². The van der Waals surface area contributed by atoms with Crippen LogP contribution in [0.1, 0.15) is 22.6 Å². The maximum absolute atomic E-state index is 11.7. The van der Waals surface area contributed by atoms with Crippen LogP contribution in [0.3, 0.4) is 0 Å². The summed E-state index contributed by atoms with van der Waals surface area (Å²) >= 11 is 0. The quantitative estimate of drug-likeness (QED) is 0.737. The van der Waals surface area contributed by atoms with Crippen LogP contribution in [0.5, 0.6) is 5.75 Å². The Balaban J connectivity index is 3.13. The lowest BCUT2D eigenvalue weighted by Gasteiger charge is -2.09. The first-order valence-corrected chi connectivity index (χ1v) is 5.03. The van der Waals surface area contributed by atoms with Crippen LogP contribution >= 0.6 is 0 Å². The molecule has 4 heteroatoms. The Hall–Kier alpha value is -1.84. The third kappa shape index (κ3) is 1.30. The van der Waals surface area contributed by atoms with Crippen LogP contribution in [0.25, 0.3) is 10.9 Å². The van der Waals surface area contributed by atoms with Crippen molar-refractivity contribution in [3.63, 3.8) is 0 Å². The zero-order valence-corrected chi connectivity index (χ0v) is 9.71. The van der Waals surface area contributed by atoms with Crippen molar-refractivity contribution in [3.8, 4) is 5.75 Å². The molecule has 0 fully saturated rings. The van der Waals surface area contributed by atoms with E-state index in [9.17, 15) is 9.90 Å². The zero-order valence-electron chi connectivity index (χ0n) is 9.71. The summed E-state index contributed by atoms with van der Waals surface area (Å²) in [4.78, 5) is 16.0. The minimum atomic E-state index is -0.446. The van der Waals surface area contributed by atoms with Crippen molar-refractivity contribution in [2.75, 3.05) is 0 Å². The largest absolute Gasteiger partial charge is 0.503 e. The smallest absolute Gasteiger partial charge is 0.345 e. The molecule has 84 valence electrons. The van der Waals surface area contributed by atoms with Gasteiger partial charge in [0.2, 0.25) is 0 Å². The molecule has 0 atom stereocenters. The summed E-state index contributed by atoms with van der Waals surface area (Å²) in [6.07, 6.45) is 0. The van der Waals surface area contributed by atoms with E-state index in [1.807, 2.05) is 20.8 Å². The minimum Gasteiger partial charge on any atom is -0.503 e. The molecule has 2 aromatic rings. The van der Waals surface area contributed by atoms with Crippen LogP contribution < -0.4 is 5.63 Å². The fourth-order valence-corrected chi connectivity index (χ4v) is 1.77. The Kier molecular flexibility index (Phi) is 2.22. The van der Waals surface area contributed by atoms with Gasteiger partial charge in [0.1, 0.15) is 11.3 Å². The average molecular weight is 219 g/mol. The monoisotopic (exact) mass is 219 g/mol. The third-order valence-electron chi connectivity index (χ3n) is 3.00. The number of fused-ring (bicyclic) bond motifs is 1. The van der Waals surface area contributed by atoms with E-state index < -0.39 is 5.63 Å². The van der Waals surface area contributed by atoms with Crippen LogP contribution in [-0.4, -0.2) is 10.1 Å². The first kappa shape index (κ1) is 10.7. The van der Waals surface area contributed by atoms with Crippen molar-refractivity contribution in [1.29, 1.82) is 0 Å². The zero-order chi connectivity index (χ0) is 12.0. The molecule has 2 aromatic heterocycles. The first-order valence-electron chi connectivity index (χ1n) is 5.03. The van der Waals surface area contributed by atoms with Crippen molar-refractivity contribution in [2.45, 2.75) is 27.7 Å². The van der Waals surface area contributed by atoms with Gasteiger partial charge in [0, 0.05) is 5.69 Å². The van der Waals surface area contributed by atoms with Crippen molar-refractivity contribution in [1.82, 2.24) is 4.98 Å². The SMILES string of the molecule is Cc1nc2c(O)c(C)oc(=O)c2c(C)c1C. The maximum Gasteiger partial charge on any atom is 0.345 e. The molecule has 0 aromatic carbocycles. The van der Waals surface area contributed by atoms with Gasteiger partial charge < -0.3 is 9.52 Å². The summed E-state index contributed by atoms with van der Waals surface area (Å²) in [7, 11) is 0. The topological polar surface area (TPSA) is 63.3 Å². The average Bonchev–Trinajstić information content (AvgIpc) is 2.22. The van der Waals surface area contributed by atoms with Crippen LogP contribution in [0.4, 0.5) is 0 Å². The molecule has 2 heterocycles. The number of aromatic nitrogens is 1. The molecule has 0 amide bonds. The summed E-state index contributed by atoms with van der Waals surface area (Å²) in [5.41, 5.74) is 2.45. The van der Waals surface area contributed by atoms with E-state index in [1.54, 1.807) is 6.92 Å². The molecule has 0 saturated heterocycles. The highest BCUT2D eigenvalue weighted by atomic mass is 16.4. The highest BCUT2D eigenvalue weighted by Gasteiger charge is 2.15. The molecular weight excluding hydrogens is 206 g/mol. The van der Waals surface area contributed by atoms with E-state index in [-0.39, 0.29) is 11.5 Å².